The van der Waals surface area contributed by atoms with E-state index in [0.29, 0.717) is 0 Å². The second kappa shape index (κ2) is 6.95. The van der Waals surface area contributed by atoms with Gasteiger partial charge in [-0.2, -0.15) is 0 Å². The van der Waals surface area contributed by atoms with Crippen LogP contribution in [0.3, 0.4) is 0 Å². The number of nitrogens with zero attached hydrogens (tertiary/aromatic N) is 2. The molecule has 0 saturated carbocycles. The molecule has 1 saturated heterocycles. The Hall–Kier alpha value is -1.26. The number of nitrogens with two attached hydrogens (primary N) is 1. The molecule has 0 amide bonds. The highest BCUT2D eigenvalue weighted by Gasteiger charge is 2.18. The minimum absolute atomic E-state index is 0.770. The lowest BCUT2D eigenvalue weighted by Crippen LogP contribution is -2.35. The van der Waals surface area contributed by atoms with Crippen LogP contribution in [0.2, 0.25) is 0 Å². The van der Waals surface area contributed by atoms with Gasteiger partial charge < -0.3 is 20.3 Å². The molecule has 1 aromatic carbocycles. The quantitative estimate of drug-likeness (QED) is 0.837. The average Bonchev–Trinajstić information content (AvgIpc) is 2.40. The molecular weight excluding hydrogens is 250 g/mol. The van der Waals surface area contributed by atoms with Crippen LogP contribution in [-0.2, 0) is 6.54 Å². The summed E-state index contributed by atoms with van der Waals surface area (Å²) < 4.78 is 5.27. The fraction of sp³-hybridized carbons (Fsp3) is 0.625. The predicted molar refractivity (Wildman–Crippen MR) is 84.0 cm³/mol. The SMILES string of the molecule is COc1cc(N)cc(CN(C)CC2CCN(C)CC2)c1. The van der Waals surface area contributed by atoms with E-state index in [1.54, 1.807) is 7.11 Å². The van der Waals surface area contributed by atoms with Crippen LogP contribution in [0, 0.1) is 5.92 Å². The van der Waals surface area contributed by atoms with Crippen molar-refractivity contribution in [3.8, 4) is 5.75 Å². The van der Waals surface area contributed by atoms with Crippen LogP contribution >= 0.6 is 0 Å². The summed E-state index contributed by atoms with van der Waals surface area (Å²) in [5.41, 5.74) is 7.90. The third-order valence-corrected chi connectivity index (χ3v) is 4.08. The van der Waals surface area contributed by atoms with Crippen molar-refractivity contribution >= 4 is 5.69 Å². The zero-order chi connectivity index (χ0) is 14.5. The Kier molecular flexibility index (Phi) is 5.26. The first-order valence-electron chi connectivity index (χ1n) is 7.37. The second-order valence-corrected chi connectivity index (χ2v) is 6.06. The number of rotatable bonds is 5. The number of methoxy groups -OCH3 is 1. The molecule has 112 valence electrons. The fourth-order valence-electron chi connectivity index (χ4n) is 2.96. The number of ether oxygens (including phenoxy) is 1. The zero-order valence-corrected chi connectivity index (χ0v) is 12.9. The summed E-state index contributed by atoms with van der Waals surface area (Å²) in [5, 5.41) is 0. The van der Waals surface area contributed by atoms with Crippen molar-refractivity contribution < 1.29 is 4.74 Å². The Bertz CT molecular complexity index is 428. The first-order valence-corrected chi connectivity index (χ1v) is 7.37. The Morgan fingerprint density at radius 3 is 2.65 bits per heavy atom. The van der Waals surface area contributed by atoms with Crippen molar-refractivity contribution in [1.29, 1.82) is 0 Å². The largest absolute Gasteiger partial charge is 0.497 e. The van der Waals surface area contributed by atoms with Gasteiger partial charge in [-0.3, -0.25) is 0 Å². The first-order chi connectivity index (χ1) is 9.56. The molecule has 0 aromatic heterocycles. The van der Waals surface area contributed by atoms with Crippen molar-refractivity contribution in [2.24, 2.45) is 5.92 Å². The van der Waals surface area contributed by atoms with Crippen LogP contribution in [0.15, 0.2) is 18.2 Å². The molecule has 0 bridgehead atoms. The predicted octanol–water partition coefficient (Wildman–Crippen LogP) is 2.05. The van der Waals surface area contributed by atoms with Gasteiger partial charge in [0.1, 0.15) is 5.75 Å². The highest BCUT2D eigenvalue weighted by atomic mass is 16.5. The van der Waals surface area contributed by atoms with E-state index >= 15 is 0 Å². The van der Waals surface area contributed by atoms with Gasteiger partial charge in [0, 0.05) is 24.8 Å². The summed E-state index contributed by atoms with van der Waals surface area (Å²) in [6, 6.07) is 5.97. The molecule has 1 heterocycles. The van der Waals surface area contributed by atoms with Crippen molar-refractivity contribution in [2.75, 3.05) is 46.6 Å². The lowest BCUT2D eigenvalue weighted by atomic mass is 9.96. The second-order valence-electron chi connectivity index (χ2n) is 6.06. The number of nitrogen functional groups attached to an aromatic ring is 1. The molecule has 0 radical (unpaired) electrons. The van der Waals surface area contributed by atoms with Gasteiger partial charge >= 0.3 is 0 Å². The van der Waals surface area contributed by atoms with Gasteiger partial charge in [-0.05, 0) is 63.6 Å². The minimum Gasteiger partial charge on any atom is -0.497 e. The molecule has 0 aliphatic carbocycles. The smallest absolute Gasteiger partial charge is 0.121 e. The van der Waals surface area contributed by atoms with E-state index in [2.05, 4.69) is 30.0 Å². The topological polar surface area (TPSA) is 41.7 Å². The number of piperidine rings is 1. The Morgan fingerprint density at radius 2 is 2.00 bits per heavy atom. The highest BCUT2D eigenvalue weighted by molar-refractivity contribution is 5.47. The molecule has 0 atom stereocenters. The van der Waals surface area contributed by atoms with Gasteiger partial charge in [-0.1, -0.05) is 0 Å². The monoisotopic (exact) mass is 277 g/mol. The maximum Gasteiger partial charge on any atom is 0.121 e. The summed E-state index contributed by atoms with van der Waals surface area (Å²) in [6.07, 6.45) is 2.61. The maximum absolute atomic E-state index is 5.91. The molecule has 0 unspecified atom stereocenters. The normalized spacial score (nSPS) is 17.6. The van der Waals surface area contributed by atoms with Crippen LogP contribution in [0.4, 0.5) is 5.69 Å². The molecule has 1 aliphatic heterocycles. The molecule has 2 N–H and O–H groups in total. The highest BCUT2D eigenvalue weighted by Crippen LogP contribution is 2.21. The van der Waals surface area contributed by atoms with E-state index < -0.39 is 0 Å². The van der Waals surface area contributed by atoms with Crippen LogP contribution in [0.25, 0.3) is 0 Å². The molecule has 20 heavy (non-hydrogen) atoms. The first kappa shape index (κ1) is 15.1. The molecule has 1 fully saturated rings. The van der Waals surface area contributed by atoms with Crippen LogP contribution < -0.4 is 10.5 Å². The third kappa shape index (κ3) is 4.39. The number of benzene rings is 1. The van der Waals surface area contributed by atoms with Gasteiger partial charge in [0.05, 0.1) is 7.11 Å². The molecule has 1 aliphatic rings. The van der Waals surface area contributed by atoms with Gasteiger partial charge in [-0.25, -0.2) is 0 Å². The molecule has 1 aromatic rings. The zero-order valence-electron chi connectivity index (χ0n) is 12.9. The Morgan fingerprint density at radius 1 is 1.30 bits per heavy atom. The molecule has 0 spiro atoms. The minimum atomic E-state index is 0.770. The summed E-state index contributed by atoms with van der Waals surface area (Å²) in [4.78, 5) is 4.81. The van der Waals surface area contributed by atoms with E-state index in [-0.39, 0.29) is 0 Å². The van der Waals surface area contributed by atoms with Gasteiger partial charge in [0.2, 0.25) is 0 Å². The molecule has 2 rings (SSSR count). The van der Waals surface area contributed by atoms with E-state index in [1.165, 1.54) is 31.5 Å². The summed E-state index contributed by atoms with van der Waals surface area (Å²) in [5.74, 6) is 1.66. The van der Waals surface area contributed by atoms with Gasteiger partial charge in [0.25, 0.3) is 0 Å². The molecular formula is C16H27N3O. The van der Waals surface area contributed by atoms with Crippen LogP contribution in [-0.4, -0.2) is 50.6 Å². The number of anilines is 1. The summed E-state index contributed by atoms with van der Waals surface area (Å²) >= 11 is 0. The van der Waals surface area contributed by atoms with Crippen LogP contribution in [0.1, 0.15) is 18.4 Å². The summed E-state index contributed by atoms with van der Waals surface area (Å²) in [6.45, 7) is 4.54. The van der Waals surface area contributed by atoms with E-state index in [0.717, 1.165) is 30.4 Å². The van der Waals surface area contributed by atoms with Gasteiger partial charge in [-0.15, -0.1) is 0 Å². The lowest BCUT2D eigenvalue weighted by molar-refractivity contribution is 0.173. The van der Waals surface area contributed by atoms with E-state index in [4.69, 9.17) is 10.5 Å². The average molecular weight is 277 g/mol. The molecule has 4 nitrogen and oxygen atoms in total. The van der Waals surface area contributed by atoms with Crippen molar-refractivity contribution in [3.63, 3.8) is 0 Å². The Labute approximate surface area is 122 Å². The van der Waals surface area contributed by atoms with E-state index in [1.807, 2.05) is 12.1 Å². The molecule has 4 heteroatoms. The number of hydrogen-bond acceptors (Lipinski definition) is 4. The van der Waals surface area contributed by atoms with Crippen molar-refractivity contribution in [3.05, 3.63) is 23.8 Å². The lowest BCUT2D eigenvalue weighted by Gasteiger charge is -2.31. The fourth-order valence-corrected chi connectivity index (χ4v) is 2.96. The number of likely N-dealkylation sites (tertiary alicyclic amines) is 1. The summed E-state index contributed by atoms with van der Waals surface area (Å²) in [7, 11) is 6.08. The maximum atomic E-state index is 5.91. The van der Waals surface area contributed by atoms with Gasteiger partial charge in [0.15, 0.2) is 0 Å². The Balaban J connectivity index is 1.87. The van der Waals surface area contributed by atoms with Crippen LogP contribution in [0.5, 0.6) is 5.75 Å². The third-order valence-electron chi connectivity index (χ3n) is 4.08. The van der Waals surface area contributed by atoms with Crippen molar-refractivity contribution in [1.82, 2.24) is 9.80 Å². The number of hydrogen-bond donors (Lipinski definition) is 1. The van der Waals surface area contributed by atoms with E-state index in [9.17, 15) is 0 Å². The standard InChI is InChI=1S/C16H27N3O/c1-18-6-4-13(5-7-18)11-19(2)12-14-8-15(17)10-16(9-14)20-3/h8-10,13H,4-7,11-12,17H2,1-3H3. The van der Waals surface area contributed by atoms with Crippen molar-refractivity contribution in [2.45, 2.75) is 19.4 Å².